The molecule has 0 bridgehead atoms. The molecule has 2 aliphatic rings. The van der Waals surface area contributed by atoms with E-state index in [-0.39, 0.29) is 29.4 Å². The van der Waals surface area contributed by atoms with Crippen molar-refractivity contribution in [3.05, 3.63) is 11.1 Å². The van der Waals surface area contributed by atoms with Crippen LogP contribution in [0.5, 0.6) is 0 Å². The van der Waals surface area contributed by atoms with Crippen molar-refractivity contribution in [2.75, 3.05) is 7.11 Å². The molecule has 1 fully saturated rings. The van der Waals surface area contributed by atoms with Crippen molar-refractivity contribution in [3.63, 3.8) is 0 Å². The van der Waals surface area contributed by atoms with E-state index in [4.69, 9.17) is 4.74 Å². The van der Waals surface area contributed by atoms with Crippen LogP contribution in [-0.4, -0.2) is 24.6 Å². The first kappa shape index (κ1) is 14.9. The number of carbonyl (C=O) groups is 3. The molecule has 4 nitrogen and oxygen atoms in total. The summed E-state index contributed by atoms with van der Waals surface area (Å²) in [6.45, 7) is 3.42. The highest BCUT2D eigenvalue weighted by atomic mass is 16.5. The molecule has 0 radical (unpaired) electrons. The Hall–Kier alpha value is -1.45. The zero-order valence-corrected chi connectivity index (χ0v) is 12.4. The highest BCUT2D eigenvalue weighted by Gasteiger charge is 2.49. The quantitative estimate of drug-likeness (QED) is 0.744. The molecule has 110 valence electrons. The number of carbonyl (C=O) groups excluding carboxylic acids is 3. The Labute approximate surface area is 119 Å². The van der Waals surface area contributed by atoms with Crippen molar-refractivity contribution < 1.29 is 19.1 Å². The molecule has 4 heteroatoms. The van der Waals surface area contributed by atoms with E-state index < -0.39 is 5.92 Å². The van der Waals surface area contributed by atoms with Crippen molar-refractivity contribution in [2.24, 2.45) is 17.8 Å². The molecule has 0 unspecified atom stereocenters. The van der Waals surface area contributed by atoms with Gasteiger partial charge in [0, 0.05) is 17.1 Å². The monoisotopic (exact) mass is 278 g/mol. The molecular weight excluding hydrogens is 256 g/mol. The number of rotatable bonds is 3. The van der Waals surface area contributed by atoms with Crippen molar-refractivity contribution in [1.29, 1.82) is 0 Å². The average Bonchev–Trinajstić information content (AvgIpc) is 2.59. The topological polar surface area (TPSA) is 60.4 Å². The maximum absolute atomic E-state index is 12.7. The molecule has 0 aromatic rings. The maximum atomic E-state index is 12.7. The van der Waals surface area contributed by atoms with Gasteiger partial charge in [0.15, 0.2) is 11.6 Å². The van der Waals surface area contributed by atoms with Crippen LogP contribution in [-0.2, 0) is 19.1 Å². The predicted molar refractivity (Wildman–Crippen MR) is 74.0 cm³/mol. The summed E-state index contributed by atoms with van der Waals surface area (Å²) in [6.07, 6.45) is 3.93. The number of methoxy groups -OCH3 is 1. The molecule has 3 atom stereocenters. The Morgan fingerprint density at radius 3 is 2.45 bits per heavy atom. The molecule has 0 heterocycles. The molecule has 0 N–H and O–H groups in total. The number of ketones is 2. The lowest BCUT2D eigenvalue weighted by Crippen LogP contribution is -2.32. The smallest absolute Gasteiger partial charge is 0.309 e. The van der Waals surface area contributed by atoms with Gasteiger partial charge in [-0.1, -0.05) is 19.8 Å². The van der Waals surface area contributed by atoms with Crippen LogP contribution in [0.2, 0.25) is 0 Å². The Kier molecular flexibility index (Phi) is 4.41. The molecule has 2 rings (SSSR count). The van der Waals surface area contributed by atoms with Gasteiger partial charge >= 0.3 is 5.97 Å². The van der Waals surface area contributed by atoms with Crippen LogP contribution in [0.4, 0.5) is 0 Å². The molecule has 2 aliphatic carbocycles. The first-order valence-electron chi connectivity index (χ1n) is 7.38. The molecule has 0 spiro atoms. The number of Topliss-reactive ketones (excluding diaryl/α,β-unsaturated/α-hetero) is 2. The van der Waals surface area contributed by atoms with E-state index >= 15 is 0 Å². The van der Waals surface area contributed by atoms with Crippen LogP contribution < -0.4 is 0 Å². The third-order valence-corrected chi connectivity index (χ3v) is 4.68. The molecule has 0 aromatic heterocycles. The summed E-state index contributed by atoms with van der Waals surface area (Å²) in [5, 5.41) is 0. The van der Waals surface area contributed by atoms with Gasteiger partial charge in [-0.2, -0.15) is 0 Å². The molecular formula is C16H22O4. The van der Waals surface area contributed by atoms with E-state index in [1.54, 1.807) is 0 Å². The molecule has 0 amide bonds. The molecule has 20 heavy (non-hydrogen) atoms. The van der Waals surface area contributed by atoms with Crippen LogP contribution in [0.25, 0.3) is 0 Å². The fraction of sp³-hybridized carbons (Fsp3) is 0.688. The van der Waals surface area contributed by atoms with Crippen LogP contribution in [0.3, 0.4) is 0 Å². The van der Waals surface area contributed by atoms with E-state index in [1.807, 2.05) is 6.92 Å². The van der Waals surface area contributed by atoms with Gasteiger partial charge in [-0.15, -0.1) is 0 Å². The van der Waals surface area contributed by atoms with Gasteiger partial charge in [0.1, 0.15) is 0 Å². The van der Waals surface area contributed by atoms with Crippen molar-refractivity contribution in [2.45, 2.75) is 46.0 Å². The van der Waals surface area contributed by atoms with Gasteiger partial charge in [0.2, 0.25) is 0 Å². The zero-order chi connectivity index (χ0) is 14.9. The predicted octanol–water partition coefficient (Wildman–Crippen LogP) is 2.46. The highest BCUT2D eigenvalue weighted by Crippen LogP contribution is 2.46. The summed E-state index contributed by atoms with van der Waals surface area (Å²) in [6, 6.07) is 0. The number of allylic oxidation sites excluding steroid dienone is 2. The first-order valence-corrected chi connectivity index (χ1v) is 7.38. The van der Waals surface area contributed by atoms with Crippen LogP contribution in [0.15, 0.2) is 11.1 Å². The van der Waals surface area contributed by atoms with Gasteiger partial charge in [0.25, 0.3) is 0 Å². The number of ether oxygens (including phenoxy) is 1. The third-order valence-electron chi connectivity index (χ3n) is 4.68. The lowest BCUT2D eigenvalue weighted by molar-refractivity contribution is -0.150. The summed E-state index contributed by atoms with van der Waals surface area (Å²) in [5.74, 6) is -1.18. The van der Waals surface area contributed by atoms with Gasteiger partial charge in [-0.05, 0) is 32.1 Å². The number of esters is 1. The SMILES string of the molecule is CCC1=C(C(C)=O)[C@@H]2CCCC[C@H](C(=O)OC)[C@@H]2C1=O. The summed E-state index contributed by atoms with van der Waals surface area (Å²) in [5.41, 5.74) is 1.32. The second-order valence-corrected chi connectivity index (χ2v) is 5.71. The highest BCUT2D eigenvalue weighted by molar-refractivity contribution is 6.11. The summed E-state index contributed by atoms with van der Waals surface area (Å²) in [4.78, 5) is 36.6. The number of fused-ring (bicyclic) bond motifs is 1. The maximum Gasteiger partial charge on any atom is 0.309 e. The Bertz CT molecular complexity index is 475. The number of hydrogen-bond donors (Lipinski definition) is 0. The lowest BCUT2D eigenvalue weighted by Gasteiger charge is -2.23. The largest absolute Gasteiger partial charge is 0.469 e. The van der Waals surface area contributed by atoms with Crippen molar-refractivity contribution >= 4 is 17.5 Å². The van der Waals surface area contributed by atoms with Gasteiger partial charge in [0.05, 0.1) is 13.0 Å². The second-order valence-electron chi connectivity index (χ2n) is 5.71. The zero-order valence-electron chi connectivity index (χ0n) is 12.4. The van der Waals surface area contributed by atoms with Gasteiger partial charge < -0.3 is 4.74 Å². The van der Waals surface area contributed by atoms with Crippen LogP contribution in [0.1, 0.15) is 46.0 Å². The minimum absolute atomic E-state index is 0.000000000000000222. The average molecular weight is 278 g/mol. The van der Waals surface area contributed by atoms with Crippen LogP contribution in [0, 0.1) is 17.8 Å². The fourth-order valence-corrected chi connectivity index (χ4v) is 3.87. The van der Waals surface area contributed by atoms with Crippen LogP contribution >= 0.6 is 0 Å². The third kappa shape index (κ3) is 2.32. The Balaban J connectivity index is 2.44. The molecule has 0 aromatic carbocycles. The standard InChI is InChI=1S/C16H22O4/c1-4-10-13(9(2)17)11-7-5-6-8-12(16(19)20-3)14(11)15(10)18/h11-12,14H,4-8H2,1-3H3/t11-,12-,14+/m0/s1. The van der Waals surface area contributed by atoms with E-state index in [0.29, 0.717) is 24.0 Å². The lowest BCUT2D eigenvalue weighted by atomic mass is 9.79. The first-order chi connectivity index (χ1) is 9.52. The van der Waals surface area contributed by atoms with Crippen molar-refractivity contribution in [1.82, 2.24) is 0 Å². The summed E-state index contributed by atoms with van der Waals surface area (Å²) in [7, 11) is 1.36. The van der Waals surface area contributed by atoms with Crippen molar-refractivity contribution in [3.8, 4) is 0 Å². The fourth-order valence-electron chi connectivity index (χ4n) is 3.87. The van der Waals surface area contributed by atoms with E-state index in [2.05, 4.69) is 0 Å². The second kappa shape index (κ2) is 5.90. The minimum Gasteiger partial charge on any atom is -0.469 e. The minimum atomic E-state index is -0.390. The van der Waals surface area contributed by atoms with E-state index in [1.165, 1.54) is 14.0 Å². The molecule has 1 saturated carbocycles. The molecule has 0 saturated heterocycles. The van der Waals surface area contributed by atoms with E-state index in [0.717, 1.165) is 19.3 Å². The molecule has 0 aliphatic heterocycles. The number of hydrogen-bond acceptors (Lipinski definition) is 4. The van der Waals surface area contributed by atoms with Gasteiger partial charge in [-0.3, -0.25) is 14.4 Å². The summed E-state index contributed by atoms with van der Waals surface area (Å²) < 4.78 is 4.87. The normalized spacial score (nSPS) is 29.9. The van der Waals surface area contributed by atoms with E-state index in [9.17, 15) is 14.4 Å². The summed E-state index contributed by atoms with van der Waals surface area (Å²) >= 11 is 0. The Morgan fingerprint density at radius 1 is 1.25 bits per heavy atom. The Morgan fingerprint density at radius 2 is 1.90 bits per heavy atom. The van der Waals surface area contributed by atoms with Gasteiger partial charge in [-0.25, -0.2) is 0 Å².